The summed E-state index contributed by atoms with van der Waals surface area (Å²) >= 11 is 0. The van der Waals surface area contributed by atoms with Gasteiger partial charge in [-0.05, 0) is 44.0 Å². The Balaban J connectivity index is 0.00000200. The van der Waals surface area contributed by atoms with Crippen molar-refractivity contribution < 1.29 is 14.3 Å². The van der Waals surface area contributed by atoms with E-state index in [2.05, 4.69) is 0 Å². The Morgan fingerprint density at radius 1 is 1.30 bits per heavy atom. The highest BCUT2D eigenvalue weighted by Gasteiger charge is 2.34. The van der Waals surface area contributed by atoms with E-state index in [9.17, 15) is 9.59 Å². The van der Waals surface area contributed by atoms with Crippen molar-refractivity contribution in [2.24, 2.45) is 0 Å². The van der Waals surface area contributed by atoms with Crippen molar-refractivity contribution in [2.45, 2.75) is 25.8 Å². The Bertz CT molecular complexity index is 472. The van der Waals surface area contributed by atoms with E-state index in [4.69, 9.17) is 10.5 Å². The van der Waals surface area contributed by atoms with Crippen LogP contribution in [0.1, 0.15) is 30.1 Å². The van der Waals surface area contributed by atoms with Gasteiger partial charge in [0.1, 0.15) is 6.54 Å². The first kappa shape index (κ1) is 16.3. The molecule has 1 saturated carbocycles. The third kappa shape index (κ3) is 4.13. The van der Waals surface area contributed by atoms with Crippen LogP contribution in [-0.4, -0.2) is 36.0 Å². The van der Waals surface area contributed by atoms with Crippen LogP contribution in [-0.2, 0) is 9.53 Å². The molecular weight excluding hydrogens is 280 g/mol. The maximum Gasteiger partial charge on any atom is 0.325 e. The molecule has 0 bridgehead atoms. The third-order valence-electron chi connectivity index (χ3n) is 3.01. The van der Waals surface area contributed by atoms with Crippen LogP contribution in [0.4, 0.5) is 5.69 Å². The number of benzene rings is 1. The van der Waals surface area contributed by atoms with E-state index in [-0.39, 0.29) is 36.9 Å². The lowest BCUT2D eigenvalue weighted by Crippen LogP contribution is -2.38. The molecule has 6 heteroatoms. The van der Waals surface area contributed by atoms with Crippen LogP contribution in [0, 0.1) is 0 Å². The van der Waals surface area contributed by atoms with E-state index in [1.165, 1.54) is 0 Å². The lowest BCUT2D eigenvalue weighted by Gasteiger charge is -2.21. The maximum absolute atomic E-state index is 12.4. The molecule has 0 heterocycles. The number of hydrogen-bond donors (Lipinski definition) is 1. The Labute approximate surface area is 124 Å². The molecule has 0 aromatic heterocycles. The van der Waals surface area contributed by atoms with Crippen LogP contribution in [0.15, 0.2) is 24.3 Å². The molecule has 2 N–H and O–H groups in total. The van der Waals surface area contributed by atoms with E-state index in [1.807, 2.05) is 0 Å². The van der Waals surface area contributed by atoms with Gasteiger partial charge in [-0.2, -0.15) is 0 Å². The molecule has 0 aliphatic heterocycles. The number of hydrogen-bond acceptors (Lipinski definition) is 4. The lowest BCUT2D eigenvalue weighted by atomic mass is 10.2. The maximum atomic E-state index is 12.4. The van der Waals surface area contributed by atoms with Gasteiger partial charge < -0.3 is 15.4 Å². The molecule has 0 unspecified atom stereocenters. The van der Waals surface area contributed by atoms with Crippen LogP contribution in [0.3, 0.4) is 0 Å². The summed E-state index contributed by atoms with van der Waals surface area (Å²) in [6.45, 7) is 2.09. The van der Waals surface area contributed by atoms with Crippen LogP contribution in [0.25, 0.3) is 0 Å². The van der Waals surface area contributed by atoms with E-state index >= 15 is 0 Å². The minimum Gasteiger partial charge on any atom is -0.465 e. The molecule has 0 atom stereocenters. The fourth-order valence-electron chi connectivity index (χ4n) is 1.89. The topological polar surface area (TPSA) is 72.6 Å². The van der Waals surface area contributed by atoms with Crippen molar-refractivity contribution in [3.63, 3.8) is 0 Å². The molecule has 0 spiro atoms. The number of ether oxygens (including phenoxy) is 1. The fraction of sp³-hybridized carbons (Fsp3) is 0.429. The summed E-state index contributed by atoms with van der Waals surface area (Å²) in [6, 6.07) is 6.89. The van der Waals surface area contributed by atoms with Gasteiger partial charge in [0, 0.05) is 17.3 Å². The zero-order valence-electron chi connectivity index (χ0n) is 11.4. The number of amides is 1. The lowest BCUT2D eigenvalue weighted by molar-refractivity contribution is -0.144. The number of nitrogen functional groups attached to an aromatic ring is 1. The summed E-state index contributed by atoms with van der Waals surface area (Å²) < 4.78 is 4.90. The average Bonchev–Trinajstić information content (AvgIpc) is 3.21. The van der Waals surface area contributed by atoms with Crippen LogP contribution >= 0.6 is 12.4 Å². The fourth-order valence-corrected chi connectivity index (χ4v) is 1.89. The number of carbonyl (C=O) groups is 2. The summed E-state index contributed by atoms with van der Waals surface area (Å²) in [7, 11) is 0. The predicted molar refractivity (Wildman–Crippen MR) is 78.8 cm³/mol. The van der Waals surface area contributed by atoms with Gasteiger partial charge in [-0.3, -0.25) is 9.59 Å². The SMILES string of the molecule is CCOC(=O)CN(C(=O)c1ccc(N)cc1)C1CC1.Cl. The molecule has 0 saturated heterocycles. The Kier molecular flexibility index (Phi) is 5.82. The van der Waals surface area contributed by atoms with E-state index in [1.54, 1.807) is 36.1 Å². The van der Waals surface area contributed by atoms with Gasteiger partial charge in [0.15, 0.2) is 0 Å². The third-order valence-corrected chi connectivity index (χ3v) is 3.01. The zero-order chi connectivity index (χ0) is 13.8. The molecule has 20 heavy (non-hydrogen) atoms. The van der Waals surface area contributed by atoms with E-state index < -0.39 is 0 Å². The number of halogens is 1. The summed E-state index contributed by atoms with van der Waals surface area (Å²) in [6.07, 6.45) is 1.89. The molecule has 0 radical (unpaired) electrons. The predicted octanol–water partition coefficient (Wildman–Crippen LogP) is 1.86. The summed E-state index contributed by atoms with van der Waals surface area (Å²) in [5, 5.41) is 0. The molecule has 1 amide bonds. The minimum atomic E-state index is -0.363. The second kappa shape index (κ2) is 7.14. The molecule has 1 aromatic rings. The highest BCUT2D eigenvalue weighted by atomic mass is 35.5. The molecule has 1 aliphatic rings. The zero-order valence-corrected chi connectivity index (χ0v) is 12.2. The monoisotopic (exact) mass is 298 g/mol. The molecule has 1 aromatic carbocycles. The van der Waals surface area contributed by atoms with E-state index in [0.717, 1.165) is 12.8 Å². The molecule has 1 fully saturated rings. The van der Waals surface area contributed by atoms with Crippen molar-refractivity contribution in [3.05, 3.63) is 29.8 Å². The Morgan fingerprint density at radius 2 is 1.90 bits per heavy atom. The van der Waals surface area contributed by atoms with Gasteiger partial charge in [0.2, 0.25) is 0 Å². The normalized spacial score (nSPS) is 13.2. The number of nitrogens with zero attached hydrogens (tertiary/aromatic N) is 1. The van der Waals surface area contributed by atoms with Gasteiger partial charge in [-0.1, -0.05) is 0 Å². The second-order valence-corrected chi connectivity index (χ2v) is 4.59. The number of nitrogens with two attached hydrogens (primary N) is 1. The van der Waals surface area contributed by atoms with Crippen LogP contribution < -0.4 is 5.73 Å². The standard InChI is InChI=1S/C14H18N2O3.ClH/c1-2-19-13(17)9-16(12-7-8-12)14(18)10-3-5-11(15)6-4-10;/h3-6,12H,2,7-9,15H2,1H3;1H. The van der Waals surface area contributed by atoms with Gasteiger partial charge in [-0.25, -0.2) is 0 Å². The first-order chi connectivity index (χ1) is 9.11. The minimum absolute atomic E-state index is 0. The first-order valence-electron chi connectivity index (χ1n) is 6.44. The number of carbonyl (C=O) groups excluding carboxylic acids is 2. The van der Waals surface area contributed by atoms with Crippen molar-refractivity contribution in [1.29, 1.82) is 0 Å². The summed E-state index contributed by atoms with van der Waals surface area (Å²) in [5.74, 6) is -0.506. The molecule has 2 rings (SSSR count). The average molecular weight is 299 g/mol. The highest BCUT2D eigenvalue weighted by Crippen LogP contribution is 2.28. The van der Waals surface area contributed by atoms with Gasteiger partial charge >= 0.3 is 5.97 Å². The van der Waals surface area contributed by atoms with Crippen molar-refractivity contribution in [1.82, 2.24) is 4.90 Å². The van der Waals surface area contributed by atoms with Crippen LogP contribution in [0.2, 0.25) is 0 Å². The summed E-state index contributed by atoms with van der Waals surface area (Å²) in [4.78, 5) is 25.5. The second-order valence-electron chi connectivity index (χ2n) is 4.59. The van der Waals surface area contributed by atoms with Crippen molar-refractivity contribution in [2.75, 3.05) is 18.9 Å². The Hall–Kier alpha value is -1.75. The molecular formula is C14H19ClN2O3. The smallest absolute Gasteiger partial charge is 0.325 e. The number of rotatable bonds is 5. The molecule has 5 nitrogen and oxygen atoms in total. The van der Waals surface area contributed by atoms with Crippen molar-refractivity contribution >= 4 is 30.0 Å². The Morgan fingerprint density at radius 3 is 2.40 bits per heavy atom. The molecule has 1 aliphatic carbocycles. The van der Waals surface area contributed by atoms with Gasteiger partial charge in [-0.15, -0.1) is 12.4 Å². The number of anilines is 1. The van der Waals surface area contributed by atoms with Crippen molar-refractivity contribution in [3.8, 4) is 0 Å². The van der Waals surface area contributed by atoms with Crippen LogP contribution in [0.5, 0.6) is 0 Å². The highest BCUT2D eigenvalue weighted by molar-refractivity contribution is 5.96. The van der Waals surface area contributed by atoms with Gasteiger partial charge in [0.05, 0.1) is 6.61 Å². The largest absolute Gasteiger partial charge is 0.465 e. The first-order valence-corrected chi connectivity index (χ1v) is 6.44. The van der Waals surface area contributed by atoms with E-state index in [0.29, 0.717) is 17.9 Å². The van der Waals surface area contributed by atoms with Gasteiger partial charge in [0.25, 0.3) is 5.91 Å². The summed E-state index contributed by atoms with van der Waals surface area (Å²) in [5.41, 5.74) is 6.75. The number of esters is 1. The quantitative estimate of drug-likeness (QED) is 0.665. The molecule has 110 valence electrons.